The number of ether oxygens (including phenoxy) is 4. The largest absolute Gasteiger partial charge is 0.460 e. The maximum atomic E-state index is 11.4. The fourth-order valence-corrected chi connectivity index (χ4v) is 1.73. The Morgan fingerprint density at radius 1 is 1.21 bits per heavy atom. The molecule has 0 saturated carbocycles. The van der Waals surface area contributed by atoms with Crippen molar-refractivity contribution in [3.63, 3.8) is 0 Å². The maximum absolute atomic E-state index is 11.4. The van der Waals surface area contributed by atoms with Gasteiger partial charge in [0.15, 0.2) is 6.29 Å². The summed E-state index contributed by atoms with van der Waals surface area (Å²) in [6.45, 7) is 7.67. The van der Waals surface area contributed by atoms with Gasteiger partial charge in [0.2, 0.25) is 0 Å². The van der Waals surface area contributed by atoms with Crippen LogP contribution in [0.4, 0.5) is 0 Å². The number of rotatable bonds is 7. The van der Waals surface area contributed by atoms with Gasteiger partial charge in [-0.15, -0.1) is 0 Å². The molecule has 0 spiro atoms. The van der Waals surface area contributed by atoms with Crippen LogP contribution in [-0.2, 0) is 23.7 Å². The van der Waals surface area contributed by atoms with Crippen LogP contribution >= 0.6 is 0 Å². The lowest BCUT2D eigenvalue weighted by atomic mass is 10.2. The third-order valence-electron chi connectivity index (χ3n) is 2.54. The molecule has 0 aromatic carbocycles. The standard InChI is InChI=1S/C14H26O5/c1-14(2,3)19-12(15)7-9-16-10-11-18-13-6-4-5-8-17-13/h13H,4-11H2,1-3H3. The third-order valence-corrected chi connectivity index (χ3v) is 2.54. The highest BCUT2D eigenvalue weighted by atomic mass is 16.7. The summed E-state index contributed by atoms with van der Waals surface area (Å²) < 4.78 is 21.4. The van der Waals surface area contributed by atoms with Gasteiger partial charge in [0.1, 0.15) is 5.60 Å². The van der Waals surface area contributed by atoms with Crippen molar-refractivity contribution in [3.05, 3.63) is 0 Å². The average molecular weight is 274 g/mol. The zero-order valence-corrected chi connectivity index (χ0v) is 12.3. The van der Waals surface area contributed by atoms with E-state index in [4.69, 9.17) is 18.9 Å². The molecule has 1 heterocycles. The molecule has 1 aliphatic rings. The zero-order valence-electron chi connectivity index (χ0n) is 12.3. The quantitative estimate of drug-likeness (QED) is 0.526. The predicted molar refractivity (Wildman–Crippen MR) is 70.8 cm³/mol. The van der Waals surface area contributed by atoms with Gasteiger partial charge in [0.05, 0.1) is 26.2 Å². The van der Waals surface area contributed by atoms with Crippen LogP contribution in [0.25, 0.3) is 0 Å². The van der Waals surface area contributed by atoms with Gasteiger partial charge in [-0.3, -0.25) is 4.79 Å². The Labute approximate surface area is 115 Å². The molecule has 0 aromatic rings. The molecule has 5 nitrogen and oxygen atoms in total. The van der Waals surface area contributed by atoms with Gasteiger partial charge in [0, 0.05) is 6.61 Å². The van der Waals surface area contributed by atoms with E-state index in [-0.39, 0.29) is 18.7 Å². The maximum Gasteiger partial charge on any atom is 0.308 e. The van der Waals surface area contributed by atoms with Crippen LogP contribution in [0.15, 0.2) is 0 Å². The fraction of sp³-hybridized carbons (Fsp3) is 0.929. The van der Waals surface area contributed by atoms with Crippen molar-refractivity contribution in [1.29, 1.82) is 0 Å². The molecule has 19 heavy (non-hydrogen) atoms. The SMILES string of the molecule is CC(C)(C)OC(=O)CCOCCOC1CCCCO1. The molecule has 1 saturated heterocycles. The Balaban J connectivity index is 1.92. The monoisotopic (exact) mass is 274 g/mol. The summed E-state index contributed by atoms with van der Waals surface area (Å²) in [5.74, 6) is -0.232. The highest BCUT2D eigenvalue weighted by Gasteiger charge is 2.16. The lowest BCUT2D eigenvalue weighted by Crippen LogP contribution is -2.25. The van der Waals surface area contributed by atoms with Crippen molar-refractivity contribution < 1.29 is 23.7 Å². The Bertz CT molecular complexity index is 253. The van der Waals surface area contributed by atoms with Crippen molar-refractivity contribution in [2.75, 3.05) is 26.4 Å². The first-order valence-electron chi connectivity index (χ1n) is 7.00. The van der Waals surface area contributed by atoms with Crippen molar-refractivity contribution >= 4 is 5.97 Å². The molecule has 1 aliphatic heterocycles. The van der Waals surface area contributed by atoms with Crippen molar-refractivity contribution in [3.8, 4) is 0 Å². The normalized spacial score (nSPS) is 20.3. The van der Waals surface area contributed by atoms with Crippen molar-refractivity contribution in [1.82, 2.24) is 0 Å². The van der Waals surface area contributed by atoms with Gasteiger partial charge >= 0.3 is 5.97 Å². The van der Waals surface area contributed by atoms with Crippen molar-refractivity contribution in [2.24, 2.45) is 0 Å². The molecule has 0 aliphatic carbocycles. The molecule has 0 N–H and O–H groups in total. The molecular formula is C14H26O5. The van der Waals surface area contributed by atoms with E-state index in [1.807, 2.05) is 20.8 Å². The topological polar surface area (TPSA) is 54.0 Å². The molecular weight excluding hydrogens is 248 g/mol. The van der Waals surface area contributed by atoms with Crippen LogP contribution in [0.5, 0.6) is 0 Å². The summed E-state index contributed by atoms with van der Waals surface area (Å²) in [7, 11) is 0. The summed E-state index contributed by atoms with van der Waals surface area (Å²) in [5, 5.41) is 0. The number of esters is 1. The van der Waals surface area contributed by atoms with Crippen LogP contribution in [-0.4, -0.2) is 44.3 Å². The lowest BCUT2D eigenvalue weighted by Gasteiger charge is -2.22. The van der Waals surface area contributed by atoms with Gasteiger partial charge in [-0.2, -0.15) is 0 Å². The molecule has 0 bridgehead atoms. The number of hydrogen-bond acceptors (Lipinski definition) is 5. The van der Waals surface area contributed by atoms with E-state index < -0.39 is 5.60 Å². The number of carbonyl (C=O) groups is 1. The molecule has 0 aromatic heterocycles. The average Bonchev–Trinajstić information content (AvgIpc) is 2.32. The number of hydrogen-bond donors (Lipinski definition) is 0. The molecule has 5 heteroatoms. The van der Waals surface area contributed by atoms with Gasteiger partial charge in [0.25, 0.3) is 0 Å². The van der Waals surface area contributed by atoms with E-state index in [1.54, 1.807) is 0 Å². The second-order valence-electron chi connectivity index (χ2n) is 5.62. The van der Waals surface area contributed by atoms with E-state index in [1.165, 1.54) is 0 Å². The van der Waals surface area contributed by atoms with E-state index in [0.29, 0.717) is 19.8 Å². The smallest absolute Gasteiger partial charge is 0.308 e. The van der Waals surface area contributed by atoms with E-state index in [9.17, 15) is 4.79 Å². The Hall–Kier alpha value is -0.650. The van der Waals surface area contributed by atoms with Crippen LogP contribution in [0, 0.1) is 0 Å². The zero-order chi connectivity index (χ0) is 14.1. The first kappa shape index (κ1) is 16.4. The summed E-state index contributed by atoms with van der Waals surface area (Å²) in [6.07, 6.45) is 3.43. The van der Waals surface area contributed by atoms with E-state index >= 15 is 0 Å². The van der Waals surface area contributed by atoms with Gasteiger partial charge in [-0.1, -0.05) is 0 Å². The molecule has 112 valence electrons. The first-order chi connectivity index (χ1) is 8.97. The number of carbonyl (C=O) groups excluding carboxylic acids is 1. The van der Waals surface area contributed by atoms with Crippen LogP contribution in [0.3, 0.4) is 0 Å². The van der Waals surface area contributed by atoms with E-state index in [2.05, 4.69) is 0 Å². The van der Waals surface area contributed by atoms with Crippen LogP contribution in [0.2, 0.25) is 0 Å². The van der Waals surface area contributed by atoms with Gasteiger partial charge < -0.3 is 18.9 Å². The highest BCUT2D eigenvalue weighted by molar-refractivity contribution is 5.69. The van der Waals surface area contributed by atoms with Crippen molar-refractivity contribution in [2.45, 2.75) is 58.3 Å². The summed E-state index contributed by atoms with van der Waals surface area (Å²) in [6, 6.07) is 0. The van der Waals surface area contributed by atoms with Crippen LogP contribution in [0.1, 0.15) is 46.5 Å². The minimum Gasteiger partial charge on any atom is -0.460 e. The molecule has 1 atom stereocenters. The summed E-state index contributed by atoms with van der Waals surface area (Å²) in [5.41, 5.74) is -0.432. The van der Waals surface area contributed by atoms with E-state index in [0.717, 1.165) is 25.9 Å². The molecule has 1 fully saturated rings. The molecule has 0 radical (unpaired) electrons. The second kappa shape index (κ2) is 8.51. The summed E-state index contributed by atoms with van der Waals surface area (Å²) in [4.78, 5) is 11.4. The third kappa shape index (κ3) is 8.97. The first-order valence-corrected chi connectivity index (χ1v) is 7.00. The predicted octanol–water partition coefficient (Wildman–Crippen LogP) is 2.28. The summed E-state index contributed by atoms with van der Waals surface area (Å²) >= 11 is 0. The minimum atomic E-state index is -0.432. The lowest BCUT2D eigenvalue weighted by molar-refractivity contribution is -0.170. The second-order valence-corrected chi connectivity index (χ2v) is 5.62. The Kier molecular flexibility index (Phi) is 7.34. The molecule has 1 rings (SSSR count). The van der Waals surface area contributed by atoms with Gasteiger partial charge in [-0.05, 0) is 40.0 Å². The van der Waals surface area contributed by atoms with Gasteiger partial charge in [-0.25, -0.2) is 0 Å². The minimum absolute atomic E-state index is 0.0804. The van der Waals surface area contributed by atoms with Crippen LogP contribution < -0.4 is 0 Å². The molecule has 1 unspecified atom stereocenters. The highest BCUT2D eigenvalue weighted by Crippen LogP contribution is 2.13. The Morgan fingerprint density at radius 2 is 2.00 bits per heavy atom. The molecule has 0 amide bonds. The fourth-order valence-electron chi connectivity index (χ4n) is 1.73. The Morgan fingerprint density at radius 3 is 2.63 bits per heavy atom.